The summed E-state index contributed by atoms with van der Waals surface area (Å²) in [5.41, 5.74) is 6.53. The predicted octanol–water partition coefficient (Wildman–Crippen LogP) is 3.93. The molecule has 0 aliphatic heterocycles. The number of nitrogens with two attached hydrogens (primary N) is 1. The van der Waals surface area contributed by atoms with Gasteiger partial charge >= 0.3 is 0 Å². The van der Waals surface area contributed by atoms with E-state index < -0.39 is 16.6 Å². The first-order chi connectivity index (χ1) is 9.65. The summed E-state index contributed by atoms with van der Waals surface area (Å²) in [4.78, 5) is 0.465. The summed E-state index contributed by atoms with van der Waals surface area (Å²) in [5, 5.41) is 3.12. The van der Waals surface area contributed by atoms with Crippen molar-refractivity contribution in [2.24, 2.45) is 0 Å². The first-order valence-electron chi connectivity index (χ1n) is 6.03. The first-order valence-corrected chi connectivity index (χ1v) is 8.23. The molecule has 0 saturated carbocycles. The van der Waals surface area contributed by atoms with Gasteiger partial charge < -0.3 is 5.73 Å². The molecule has 0 aliphatic rings. The van der Waals surface area contributed by atoms with Gasteiger partial charge in [-0.05, 0) is 40.6 Å². The molecule has 1 atom stereocenters. The van der Waals surface area contributed by atoms with Crippen LogP contribution in [0.3, 0.4) is 0 Å². The monoisotopic (exact) mass is 305 g/mol. The second-order valence-corrected chi connectivity index (χ2v) is 6.79. The molecule has 1 aromatic heterocycles. The molecule has 0 fully saturated rings. The van der Waals surface area contributed by atoms with Crippen molar-refractivity contribution in [3.05, 3.63) is 59.2 Å². The van der Waals surface area contributed by atoms with Gasteiger partial charge in [0.25, 0.3) is 0 Å². The van der Waals surface area contributed by atoms with E-state index in [0.717, 1.165) is 10.9 Å². The van der Waals surface area contributed by atoms with Crippen LogP contribution in [0.25, 0.3) is 10.1 Å². The molecular formula is C15H12FNOS2. The van der Waals surface area contributed by atoms with Crippen LogP contribution in [0, 0.1) is 5.82 Å². The maximum Gasteiger partial charge on any atom is 0.147 e. The van der Waals surface area contributed by atoms with Crippen molar-refractivity contribution in [1.29, 1.82) is 0 Å². The van der Waals surface area contributed by atoms with Gasteiger partial charge in [-0.3, -0.25) is 4.21 Å². The molecule has 2 aromatic carbocycles. The molecular weight excluding hydrogens is 293 g/mol. The Balaban J connectivity index is 1.90. The van der Waals surface area contributed by atoms with Crippen molar-refractivity contribution in [2.45, 2.75) is 10.6 Å². The molecule has 2 N–H and O–H groups in total. The zero-order valence-electron chi connectivity index (χ0n) is 10.5. The smallest absolute Gasteiger partial charge is 0.147 e. The normalized spacial score (nSPS) is 12.7. The van der Waals surface area contributed by atoms with Gasteiger partial charge in [-0.15, -0.1) is 11.3 Å². The number of hydrogen-bond donors (Lipinski definition) is 1. The summed E-state index contributed by atoms with van der Waals surface area (Å²) in [7, 11) is -1.28. The summed E-state index contributed by atoms with van der Waals surface area (Å²) in [6.45, 7) is 0. The van der Waals surface area contributed by atoms with Crippen LogP contribution in [0.5, 0.6) is 0 Å². The summed E-state index contributed by atoms with van der Waals surface area (Å²) in [6.07, 6.45) is 0. The lowest BCUT2D eigenvalue weighted by Crippen LogP contribution is -1.98. The highest BCUT2D eigenvalue weighted by molar-refractivity contribution is 7.84. The molecule has 3 aromatic rings. The lowest BCUT2D eigenvalue weighted by molar-refractivity contribution is 0.627. The van der Waals surface area contributed by atoms with Gasteiger partial charge in [0.2, 0.25) is 0 Å². The van der Waals surface area contributed by atoms with E-state index in [9.17, 15) is 8.60 Å². The number of thiophene rings is 1. The molecule has 1 unspecified atom stereocenters. The number of benzene rings is 2. The van der Waals surface area contributed by atoms with Gasteiger partial charge in [0, 0.05) is 9.60 Å². The number of nitrogen functional groups attached to an aromatic ring is 1. The number of anilines is 1. The fraction of sp³-hybridized carbons (Fsp3) is 0.0667. The van der Waals surface area contributed by atoms with Crippen molar-refractivity contribution < 1.29 is 8.60 Å². The molecule has 102 valence electrons. The van der Waals surface area contributed by atoms with Gasteiger partial charge in [0.05, 0.1) is 22.2 Å². The Labute approximate surface area is 122 Å². The predicted molar refractivity (Wildman–Crippen MR) is 82.7 cm³/mol. The van der Waals surface area contributed by atoms with E-state index in [1.54, 1.807) is 17.4 Å². The second-order valence-electron chi connectivity index (χ2n) is 4.43. The minimum atomic E-state index is -1.28. The van der Waals surface area contributed by atoms with E-state index in [-0.39, 0.29) is 5.69 Å². The van der Waals surface area contributed by atoms with Crippen LogP contribution < -0.4 is 5.73 Å². The average Bonchev–Trinajstić information content (AvgIpc) is 2.85. The van der Waals surface area contributed by atoms with Gasteiger partial charge in [0.15, 0.2) is 0 Å². The van der Waals surface area contributed by atoms with E-state index >= 15 is 0 Å². The maximum atomic E-state index is 13.4. The van der Waals surface area contributed by atoms with Crippen molar-refractivity contribution in [3.8, 4) is 0 Å². The fourth-order valence-electron chi connectivity index (χ4n) is 2.02. The minimum Gasteiger partial charge on any atom is -0.396 e. The summed E-state index contributed by atoms with van der Waals surface area (Å²) in [6, 6.07) is 12.3. The van der Waals surface area contributed by atoms with Crippen LogP contribution in [-0.4, -0.2) is 4.21 Å². The number of hydrogen-bond acceptors (Lipinski definition) is 3. The molecule has 0 amide bonds. The Morgan fingerprint density at radius 3 is 2.80 bits per heavy atom. The molecule has 0 bridgehead atoms. The van der Waals surface area contributed by atoms with Crippen molar-refractivity contribution in [1.82, 2.24) is 0 Å². The molecule has 0 saturated heterocycles. The van der Waals surface area contributed by atoms with Crippen molar-refractivity contribution in [3.63, 3.8) is 0 Å². The minimum absolute atomic E-state index is 0.0757. The van der Waals surface area contributed by atoms with Crippen molar-refractivity contribution >= 4 is 37.9 Å². The van der Waals surface area contributed by atoms with Gasteiger partial charge in [-0.1, -0.05) is 18.2 Å². The van der Waals surface area contributed by atoms with Crippen LogP contribution in [0.4, 0.5) is 10.1 Å². The molecule has 5 heteroatoms. The number of halogens is 1. The quantitative estimate of drug-likeness (QED) is 0.745. The Morgan fingerprint density at radius 2 is 2.00 bits per heavy atom. The lowest BCUT2D eigenvalue weighted by Gasteiger charge is -2.03. The summed E-state index contributed by atoms with van der Waals surface area (Å²) in [5.74, 6) is -0.140. The standard InChI is InChI=1S/C15H12FNOS2/c16-13-7-11(5-6-14(13)17)20(18)9-10-8-19-15-4-2-1-3-12(10)15/h1-8H,9,17H2. The number of rotatable bonds is 3. The lowest BCUT2D eigenvalue weighted by atomic mass is 10.2. The Hall–Kier alpha value is -1.72. The topological polar surface area (TPSA) is 43.1 Å². The van der Waals surface area contributed by atoms with Crippen molar-refractivity contribution in [2.75, 3.05) is 5.73 Å². The van der Waals surface area contributed by atoms with Crippen LogP contribution >= 0.6 is 11.3 Å². The molecule has 20 heavy (non-hydrogen) atoms. The second kappa shape index (κ2) is 5.34. The highest BCUT2D eigenvalue weighted by atomic mass is 32.2. The van der Waals surface area contributed by atoms with Crippen LogP contribution in [0.2, 0.25) is 0 Å². The summed E-state index contributed by atoms with van der Waals surface area (Å²) < 4.78 is 26.9. The van der Waals surface area contributed by atoms with Crippen LogP contribution in [0.15, 0.2) is 52.7 Å². The Bertz CT molecular complexity index is 797. The summed E-state index contributed by atoms with van der Waals surface area (Å²) >= 11 is 1.63. The van der Waals surface area contributed by atoms with E-state index in [1.165, 1.54) is 16.8 Å². The molecule has 0 aliphatic carbocycles. The van der Waals surface area contributed by atoms with E-state index in [4.69, 9.17) is 5.73 Å². The third kappa shape index (κ3) is 2.46. The van der Waals surface area contributed by atoms with E-state index in [2.05, 4.69) is 0 Å². The molecule has 0 spiro atoms. The van der Waals surface area contributed by atoms with Gasteiger partial charge in [0.1, 0.15) is 5.82 Å². The molecule has 1 heterocycles. The van der Waals surface area contributed by atoms with Gasteiger partial charge in [-0.25, -0.2) is 4.39 Å². The van der Waals surface area contributed by atoms with Crippen LogP contribution in [0.1, 0.15) is 5.56 Å². The molecule has 2 nitrogen and oxygen atoms in total. The fourth-order valence-corrected chi connectivity index (χ4v) is 4.23. The Morgan fingerprint density at radius 1 is 1.20 bits per heavy atom. The third-order valence-electron chi connectivity index (χ3n) is 3.08. The van der Waals surface area contributed by atoms with Crippen LogP contribution in [-0.2, 0) is 16.6 Å². The first kappa shape index (κ1) is 13.3. The van der Waals surface area contributed by atoms with E-state index in [0.29, 0.717) is 10.6 Å². The largest absolute Gasteiger partial charge is 0.396 e. The SMILES string of the molecule is Nc1ccc(S(=O)Cc2csc3ccccc23)cc1F. The van der Waals surface area contributed by atoms with E-state index in [1.807, 2.05) is 29.6 Å². The maximum absolute atomic E-state index is 13.4. The molecule has 3 rings (SSSR count). The third-order valence-corrected chi connectivity index (χ3v) is 5.45. The highest BCUT2D eigenvalue weighted by Gasteiger charge is 2.11. The zero-order valence-corrected chi connectivity index (χ0v) is 12.1. The Kier molecular flexibility index (Phi) is 3.54. The highest BCUT2D eigenvalue weighted by Crippen LogP contribution is 2.28. The van der Waals surface area contributed by atoms with Gasteiger partial charge in [-0.2, -0.15) is 0 Å². The zero-order chi connectivity index (χ0) is 14.1. The average molecular weight is 305 g/mol. The number of fused-ring (bicyclic) bond motifs is 1. The molecule has 0 radical (unpaired) electrons.